The van der Waals surface area contributed by atoms with Crippen LogP contribution in [0.3, 0.4) is 0 Å². The Bertz CT molecular complexity index is 561. The fraction of sp³-hybridized carbons (Fsp3) is 0.462. The summed E-state index contributed by atoms with van der Waals surface area (Å²) in [5.41, 5.74) is 1.48. The van der Waals surface area contributed by atoms with E-state index in [-0.39, 0.29) is 19.6 Å². The van der Waals surface area contributed by atoms with Crippen molar-refractivity contribution in [3.05, 3.63) is 35.4 Å². The van der Waals surface area contributed by atoms with Crippen LogP contribution >= 0.6 is 0 Å². The predicted molar refractivity (Wildman–Crippen MR) is 72.8 cm³/mol. The number of ether oxygens (including phenoxy) is 1. The number of carboxylic acids is 1. The molecule has 1 aliphatic rings. The minimum atomic E-state index is -3.36. The molecule has 1 unspecified atom stereocenters. The minimum Gasteiger partial charge on any atom is -0.481 e. The maximum absolute atomic E-state index is 11.9. The molecule has 7 heteroatoms. The second kappa shape index (κ2) is 6.34. The highest BCUT2D eigenvalue weighted by Gasteiger charge is 2.28. The van der Waals surface area contributed by atoms with Crippen molar-refractivity contribution in [1.29, 1.82) is 0 Å². The van der Waals surface area contributed by atoms with E-state index in [4.69, 9.17) is 9.84 Å². The van der Waals surface area contributed by atoms with Crippen LogP contribution in [0.15, 0.2) is 24.3 Å². The summed E-state index contributed by atoms with van der Waals surface area (Å²) in [6, 6.07) is 6.84. The summed E-state index contributed by atoms with van der Waals surface area (Å²) < 4.78 is 31.5. The molecule has 0 radical (unpaired) electrons. The summed E-state index contributed by atoms with van der Waals surface area (Å²) in [5.74, 6) is -0.889. The Morgan fingerprint density at radius 1 is 1.30 bits per heavy atom. The first-order valence-corrected chi connectivity index (χ1v) is 7.88. The van der Waals surface area contributed by atoms with E-state index in [0.717, 1.165) is 5.56 Å². The van der Waals surface area contributed by atoms with Crippen molar-refractivity contribution in [2.75, 3.05) is 13.2 Å². The summed E-state index contributed by atoms with van der Waals surface area (Å²) in [5, 5.41) is 8.19. The summed E-state index contributed by atoms with van der Waals surface area (Å²) in [6.07, 6.45) is 0.484. The van der Waals surface area contributed by atoms with Crippen LogP contribution in [0.4, 0.5) is 0 Å². The third-order valence-electron chi connectivity index (χ3n) is 3.18. The lowest BCUT2D eigenvalue weighted by Gasteiger charge is -2.11. The molecular weight excluding hydrogens is 282 g/mol. The van der Waals surface area contributed by atoms with Gasteiger partial charge in [-0.25, -0.2) is 13.1 Å². The molecule has 2 rings (SSSR count). The topological polar surface area (TPSA) is 92.7 Å². The molecule has 110 valence electrons. The largest absolute Gasteiger partial charge is 0.481 e. The zero-order valence-electron chi connectivity index (χ0n) is 10.9. The molecule has 0 saturated carbocycles. The van der Waals surface area contributed by atoms with Crippen molar-refractivity contribution in [2.45, 2.75) is 24.6 Å². The maximum Gasteiger partial charge on any atom is 0.307 e. The first kappa shape index (κ1) is 15.0. The summed E-state index contributed by atoms with van der Waals surface area (Å²) in [7, 11) is -3.36. The molecule has 1 saturated heterocycles. The van der Waals surface area contributed by atoms with Crippen LogP contribution in [-0.4, -0.2) is 38.0 Å². The minimum absolute atomic E-state index is 0.0363. The lowest BCUT2D eigenvalue weighted by molar-refractivity contribution is -0.136. The van der Waals surface area contributed by atoms with E-state index < -0.39 is 21.2 Å². The zero-order valence-corrected chi connectivity index (χ0v) is 11.7. The van der Waals surface area contributed by atoms with Gasteiger partial charge in [0.1, 0.15) is 5.25 Å². The second-order valence-electron chi connectivity index (χ2n) is 4.74. The van der Waals surface area contributed by atoms with E-state index in [1.807, 2.05) is 0 Å². The lowest BCUT2D eigenvalue weighted by atomic mass is 10.1. The third-order valence-corrected chi connectivity index (χ3v) is 4.98. The molecule has 1 atom stereocenters. The van der Waals surface area contributed by atoms with E-state index in [2.05, 4.69) is 4.72 Å². The van der Waals surface area contributed by atoms with Crippen LogP contribution in [-0.2, 0) is 32.5 Å². The number of hydrogen-bond donors (Lipinski definition) is 2. The van der Waals surface area contributed by atoms with E-state index in [0.29, 0.717) is 18.6 Å². The van der Waals surface area contributed by atoms with Gasteiger partial charge >= 0.3 is 5.97 Å². The Morgan fingerprint density at radius 2 is 1.95 bits per heavy atom. The van der Waals surface area contributed by atoms with Crippen molar-refractivity contribution < 1.29 is 23.1 Å². The Hall–Kier alpha value is -1.44. The smallest absolute Gasteiger partial charge is 0.307 e. The van der Waals surface area contributed by atoms with E-state index >= 15 is 0 Å². The van der Waals surface area contributed by atoms with Gasteiger partial charge in [-0.15, -0.1) is 0 Å². The van der Waals surface area contributed by atoms with Gasteiger partial charge in [0.2, 0.25) is 10.0 Å². The van der Waals surface area contributed by atoms with Crippen molar-refractivity contribution >= 4 is 16.0 Å². The molecule has 0 aliphatic carbocycles. The Kier molecular flexibility index (Phi) is 4.74. The van der Waals surface area contributed by atoms with Gasteiger partial charge < -0.3 is 9.84 Å². The molecule has 0 amide bonds. The summed E-state index contributed by atoms with van der Waals surface area (Å²) in [6.45, 7) is 0.925. The number of carboxylic acid groups (broad SMARTS) is 1. The highest BCUT2D eigenvalue weighted by atomic mass is 32.2. The van der Waals surface area contributed by atoms with Crippen LogP contribution in [0.5, 0.6) is 0 Å². The average molecular weight is 299 g/mol. The van der Waals surface area contributed by atoms with Gasteiger partial charge in [0, 0.05) is 13.2 Å². The normalized spacial score (nSPS) is 19.1. The van der Waals surface area contributed by atoms with Gasteiger partial charge in [0.05, 0.1) is 13.0 Å². The number of sulfonamides is 1. The second-order valence-corrected chi connectivity index (χ2v) is 6.78. The molecule has 0 aromatic heterocycles. The SMILES string of the molecule is O=C(O)Cc1ccc(CNS(=O)(=O)C2CCOC2)cc1. The molecule has 6 nitrogen and oxygen atoms in total. The fourth-order valence-electron chi connectivity index (χ4n) is 2.01. The van der Waals surface area contributed by atoms with Crippen LogP contribution in [0.25, 0.3) is 0 Å². The van der Waals surface area contributed by atoms with Crippen molar-refractivity contribution in [3.63, 3.8) is 0 Å². The standard InChI is InChI=1S/C13H17NO5S/c15-13(16)7-10-1-3-11(4-2-10)8-14-20(17,18)12-5-6-19-9-12/h1-4,12,14H,5-9H2,(H,15,16). The van der Waals surface area contributed by atoms with Gasteiger partial charge in [0.25, 0.3) is 0 Å². The molecule has 1 aliphatic heterocycles. The predicted octanol–water partition coefficient (Wildman–Crippen LogP) is 0.522. The number of hydrogen-bond acceptors (Lipinski definition) is 4. The molecule has 0 bridgehead atoms. The van der Waals surface area contributed by atoms with Gasteiger partial charge in [-0.3, -0.25) is 4.79 Å². The van der Waals surface area contributed by atoms with Gasteiger partial charge in [-0.1, -0.05) is 24.3 Å². The number of carbonyl (C=O) groups is 1. The fourth-order valence-corrected chi connectivity index (χ4v) is 3.29. The van der Waals surface area contributed by atoms with Crippen molar-refractivity contribution in [2.24, 2.45) is 0 Å². The molecule has 2 N–H and O–H groups in total. The molecular formula is C13H17NO5S. The molecule has 1 aromatic rings. The number of rotatable bonds is 6. The number of benzene rings is 1. The van der Waals surface area contributed by atoms with Gasteiger partial charge in [-0.2, -0.15) is 0 Å². The van der Waals surface area contributed by atoms with Crippen molar-refractivity contribution in [3.8, 4) is 0 Å². The Balaban J connectivity index is 1.92. The maximum atomic E-state index is 11.9. The zero-order chi connectivity index (χ0) is 14.6. The number of aliphatic carboxylic acids is 1. The monoisotopic (exact) mass is 299 g/mol. The first-order valence-electron chi connectivity index (χ1n) is 6.33. The molecule has 20 heavy (non-hydrogen) atoms. The highest BCUT2D eigenvalue weighted by Crippen LogP contribution is 2.13. The van der Waals surface area contributed by atoms with Crippen molar-refractivity contribution in [1.82, 2.24) is 4.72 Å². The third kappa shape index (κ3) is 4.03. The van der Waals surface area contributed by atoms with E-state index in [1.165, 1.54) is 0 Å². The highest BCUT2D eigenvalue weighted by molar-refractivity contribution is 7.90. The Morgan fingerprint density at radius 3 is 2.50 bits per heavy atom. The van der Waals surface area contributed by atoms with E-state index in [1.54, 1.807) is 24.3 Å². The quantitative estimate of drug-likeness (QED) is 0.799. The van der Waals surface area contributed by atoms with Crippen LogP contribution in [0.1, 0.15) is 17.5 Å². The van der Waals surface area contributed by atoms with E-state index in [9.17, 15) is 13.2 Å². The Labute approximate surface area is 117 Å². The lowest BCUT2D eigenvalue weighted by Crippen LogP contribution is -2.34. The van der Waals surface area contributed by atoms with Gasteiger partial charge in [-0.05, 0) is 17.5 Å². The van der Waals surface area contributed by atoms with Crippen LogP contribution < -0.4 is 4.72 Å². The number of nitrogens with one attached hydrogen (secondary N) is 1. The molecule has 1 fully saturated rings. The van der Waals surface area contributed by atoms with Crippen LogP contribution in [0, 0.1) is 0 Å². The molecule has 1 heterocycles. The van der Waals surface area contributed by atoms with Gasteiger partial charge in [0.15, 0.2) is 0 Å². The van der Waals surface area contributed by atoms with Crippen LogP contribution in [0.2, 0.25) is 0 Å². The molecule has 1 aromatic carbocycles. The molecule has 0 spiro atoms. The average Bonchev–Trinajstić information content (AvgIpc) is 2.92. The summed E-state index contributed by atoms with van der Waals surface area (Å²) >= 11 is 0. The first-order chi connectivity index (χ1) is 9.47. The summed E-state index contributed by atoms with van der Waals surface area (Å²) in [4.78, 5) is 10.6.